The van der Waals surface area contributed by atoms with Gasteiger partial charge in [-0.2, -0.15) is 0 Å². The molecular formula is C16H16Cl2N2O. The Kier molecular flexibility index (Phi) is 5.48. The van der Waals surface area contributed by atoms with E-state index in [2.05, 4.69) is 10.6 Å². The first kappa shape index (κ1) is 15.7. The topological polar surface area (TPSA) is 41.1 Å². The molecule has 0 spiro atoms. The smallest absolute Gasteiger partial charge is 0.251 e. The van der Waals surface area contributed by atoms with E-state index in [-0.39, 0.29) is 5.91 Å². The van der Waals surface area contributed by atoms with Crippen LogP contribution in [0.1, 0.15) is 22.8 Å². The molecule has 0 radical (unpaired) electrons. The lowest BCUT2D eigenvalue weighted by molar-refractivity contribution is 0.0956. The summed E-state index contributed by atoms with van der Waals surface area (Å²) in [6.45, 7) is 3.11. The molecular weight excluding hydrogens is 307 g/mol. The van der Waals surface area contributed by atoms with Crippen LogP contribution in [0.4, 0.5) is 5.69 Å². The standard InChI is InChI=1S/C16H16Cl2N2O/c1-2-19-16(21)12-4-3-5-13(9-12)20-10-11-6-7-14(17)15(18)8-11/h3-9,20H,2,10H2,1H3,(H,19,21). The van der Waals surface area contributed by atoms with E-state index in [1.807, 2.05) is 37.3 Å². The van der Waals surface area contributed by atoms with Gasteiger partial charge in [0.2, 0.25) is 0 Å². The lowest BCUT2D eigenvalue weighted by Crippen LogP contribution is -2.22. The van der Waals surface area contributed by atoms with E-state index in [4.69, 9.17) is 23.2 Å². The van der Waals surface area contributed by atoms with E-state index in [1.165, 1.54) is 0 Å². The molecule has 0 unspecified atom stereocenters. The number of anilines is 1. The van der Waals surface area contributed by atoms with Crippen LogP contribution in [0.25, 0.3) is 0 Å². The van der Waals surface area contributed by atoms with Gasteiger partial charge in [0, 0.05) is 24.3 Å². The summed E-state index contributed by atoms with van der Waals surface area (Å²) in [5, 5.41) is 7.12. The molecule has 0 saturated carbocycles. The van der Waals surface area contributed by atoms with E-state index in [9.17, 15) is 4.79 Å². The lowest BCUT2D eigenvalue weighted by Gasteiger charge is -2.09. The first-order chi connectivity index (χ1) is 10.1. The largest absolute Gasteiger partial charge is 0.381 e. The number of benzene rings is 2. The van der Waals surface area contributed by atoms with Gasteiger partial charge in [-0.15, -0.1) is 0 Å². The van der Waals surface area contributed by atoms with Gasteiger partial charge < -0.3 is 10.6 Å². The van der Waals surface area contributed by atoms with Crippen molar-refractivity contribution in [3.05, 3.63) is 63.6 Å². The highest BCUT2D eigenvalue weighted by molar-refractivity contribution is 6.42. The third kappa shape index (κ3) is 4.38. The molecule has 2 rings (SSSR count). The van der Waals surface area contributed by atoms with Crippen molar-refractivity contribution in [3.8, 4) is 0 Å². The van der Waals surface area contributed by atoms with Gasteiger partial charge in [-0.3, -0.25) is 4.79 Å². The maximum atomic E-state index is 11.8. The molecule has 2 N–H and O–H groups in total. The quantitative estimate of drug-likeness (QED) is 0.858. The van der Waals surface area contributed by atoms with E-state index >= 15 is 0 Å². The normalized spacial score (nSPS) is 10.2. The number of carbonyl (C=O) groups is 1. The van der Waals surface area contributed by atoms with E-state index in [0.29, 0.717) is 28.7 Å². The van der Waals surface area contributed by atoms with E-state index in [0.717, 1.165) is 11.3 Å². The molecule has 0 aromatic heterocycles. The molecule has 2 aromatic carbocycles. The average molecular weight is 323 g/mol. The van der Waals surface area contributed by atoms with Crippen molar-refractivity contribution in [2.45, 2.75) is 13.5 Å². The zero-order chi connectivity index (χ0) is 15.2. The summed E-state index contributed by atoms with van der Waals surface area (Å²) in [6.07, 6.45) is 0. The van der Waals surface area contributed by atoms with Crippen LogP contribution in [0.5, 0.6) is 0 Å². The second kappa shape index (κ2) is 7.34. The Bertz CT molecular complexity index is 644. The number of hydrogen-bond acceptors (Lipinski definition) is 2. The molecule has 0 aliphatic carbocycles. The number of rotatable bonds is 5. The average Bonchev–Trinajstić information content (AvgIpc) is 2.49. The molecule has 0 bridgehead atoms. The molecule has 0 aliphatic rings. The highest BCUT2D eigenvalue weighted by Gasteiger charge is 2.05. The zero-order valence-electron chi connectivity index (χ0n) is 11.6. The Balaban J connectivity index is 2.04. The fourth-order valence-corrected chi connectivity index (χ4v) is 2.21. The van der Waals surface area contributed by atoms with Crippen LogP contribution < -0.4 is 10.6 Å². The summed E-state index contributed by atoms with van der Waals surface area (Å²) in [4.78, 5) is 11.8. The molecule has 110 valence electrons. The number of hydrogen-bond donors (Lipinski definition) is 2. The fourth-order valence-electron chi connectivity index (χ4n) is 1.89. The van der Waals surface area contributed by atoms with Crippen LogP contribution in [0, 0.1) is 0 Å². The van der Waals surface area contributed by atoms with Crippen molar-refractivity contribution in [1.29, 1.82) is 0 Å². The third-order valence-electron chi connectivity index (χ3n) is 2.94. The minimum absolute atomic E-state index is 0.0734. The Morgan fingerprint density at radius 1 is 1.10 bits per heavy atom. The molecule has 3 nitrogen and oxygen atoms in total. The van der Waals surface area contributed by atoms with Gasteiger partial charge in [0.25, 0.3) is 5.91 Å². The van der Waals surface area contributed by atoms with Crippen molar-refractivity contribution in [2.24, 2.45) is 0 Å². The van der Waals surface area contributed by atoms with Gasteiger partial charge in [-0.05, 0) is 42.8 Å². The molecule has 0 saturated heterocycles. The summed E-state index contributed by atoms with van der Waals surface area (Å²) in [5.74, 6) is -0.0734. The Hall–Kier alpha value is -1.71. The maximum Gasteiger partial charge on any atom is 0.251 e. The van der Waals surface area contributed by atoms with Crippen molar-refractivity contribution >= 4 is 34.8 Å². The van der Waals surface area contributed by atoms with E-state index in [1.54, 1.807) is 12.1 Å². The van der Waals surface area contributed by atoms with Gasteiger partial charge in [-0.1, -0.05) is 35.3 Å². The summed E-state index contributed by atoms with van der Waals surface area (Å²) in [5.41, 5.74) is 2.54. The van der Waals surface area contributed by atoms with Crippen molar-refractivity contribution < 1.29 is 4.79 Å². The van der Waals surface area contributed by atoms with Crippen molar-refractivity contribution in [3.63, 3.8) is 0 Å². The number of amides is 1. The van der Waals surface area contributed by atoms with Gasteiger partial charge in [0.1, 0.15) is 0 Å². The van der Waals surface area contributed by atoms with Crippen LogP contribution in [0.15, 0.2) is 42.5 Å². The van der Waals surface area contributed by atoms with Crippen LogP contribution >= 0.6 is 23.2 Å². The highest BCUT2D eigenvalue weighted by atomic mass is 35.5. The second-order valence-corrected chi connectivity index (χ2v) is 5.36. The first-order valence-corrected chi connectivity index (χ1v) is 7.42. The molecule has 0 atom stereocenters. The molecule has 2 aromatic rings. The Morgan fingerprint density at radius 3 is 2.62 bits per heavy atom. The lowest BCUT2D eigenvalue weighted by atomic mass is 10.1. The third-order valence-corrected chi connectivity index (χ3v) is 3.68. The number of nitrogens with one attached hydrogen (secondary N) is 2. The summed E-state index contributed by atoms with van der Waals surface area (Å²) < 4.78 is 0. The van der Waals surface area contributed by atoms with Gasteiger partial charge in [0.05, 0.1) is 10.0 Å². The minimum atomic E-state index is -0.0734. The number of halogens is 2. The Labute approximate surface area is 134 Å². The molecule has 0 aliphatic heterocycles. The van der Waals surface area contributed by atoms with Crippen LogP contribution in [-0.4, -0.2) is 12.5 Å². The van der Waals surface area contributed by atoms with E-state index < -0.39 is 0 Å². The highest BCUT2D eigenvalue weighted by Crippen LogP contribution is 2.23. The number of carbonyl (C=O) groups excluding carboxylic acids is 1. The zero-order valence-corrected chi connectivity index (χ0v) is 13.1. The second-order valence-electron chi connectivity index (χ2n) is 4.54. The van der Waals surface area contributed by atoms with Crippen LogP contribution in [0.3, 0.4) is 0 Å². The molecule has 0 heterocycles. The monoisotopic (exact) mass is 322 g/mol. The van der Waals surface area contributed by atoms with Crippen LogP contribution in [0.2, 0.25) is 10.0 Å². The predicted octanol–water partition coefficient (Wildman–Crippen LogP) is 4.36. The SMILES string of the molecule is CCNC(=O)c1cccc(NCc2ccc(Cl)c(Cl)c2)c1. The van der Waals surface area contributed by atoms with Crippen molar-refractivity contribution in [1.82, 2.24) is 5.32 Å². The van der Waals surface area contributed by atoms with Gasteiger partial charge in [0.15, 0.2) is 0 Å². The maximum absolute atomic E-state index is 11.8. The Morgan fingerprint density at radius 2 is 1.90 bits per heavy atom. The van der Waals surface area contributed by atoms with Gasteiger partial charge in [-0.25, -0.2) is 0 Å². The summed E-state index contributed by atoms with van der Waals surface area (Å²) in [7, 11) is 0. The fraction of sp³-hybridized carbons (Fsp3) is 0.188. The minimum Gasteiger partial charge on any atom is -0.381 e. The summed E-state index contributed by atoms with van der Waals surface area (Å²) >= 11 is 11.9. The molecule has 1 amide bonds. The molecule has 21 heavy (non-hydrogen) atoms. The van der Waals surface area contributed by atoms with Gasteiger partial charge >= 0.3 is 0 Å². The van der Waals surface area contributed by atoms with Crippen molar-refractivity contribution in [2.75, 3.05) is 11.9 Å². The summed E-state index contributed by atoms with van der Waals surface area (Å²) in [6, 6.07) is 12.9. The first-order valence-electron chi connectivity index (χ1n) is 6.66. The molecule has 0 fully saturated rings. The predicted molar refractivity (Wildman–Crippen MR) is 88.2 cm³/mol. The van der Waals surface area contributed by atoms with Crippen LogP contribution in [-0.2, 0) is 6.54 Å². The molecule has 5 heteroatoms.